The van der Waals surface area contributed by atoms with Gasteiger partial charge in [-0.05, 0) is 43.7 Å². The number of fused-ring (bicyclic) bond motifs is 6. The Hall–Kier alpha value is -2.43. The van der Waals surface area contributed by atoms with Gasteiger partial charge in [-0.3, -0.25) is 19.5 Å². The highest BCUT2D eigenvalue weighted by Crippen LogP contribution is 2.52. The van der Waals surface area contributed by atoms with Crippen molar-refractivity contribution in [2.24, 2.45) is 28.7 Å². The fourth-order valence-electron chi connectivity index (χ4n) is 5.61. The van der Waals surface area contributed by atoms with Crippen LogP contribution < -0.4 is 10.6 Å². The van der Waals surface area contributed by atoms with Crippen LogP contribution in [0.15, 0.2) is 41.4 Å². The lowest BCUT2D eigenvalue weighted by atomic mass is 9.85. The quantitative estimate of drug-likeness (QED) is 0.135. The number of guanidine groups is 1. The number of amides is 2. The number of hydrogen-bond acceptors (Lipinski definition) is 4. The number of halogens is 1. The molecule has 4 atom stereocenters. The highest BCUT2D eigenvalue weighted by Gasteiger charge is 2.58. The normalized spacial score (nSPS) is 25.6. The Kier molecular flexibility index (Phi) is 7.06. The third kappa shape index (κ3) is 4.27. The van der Waals surface area contributed by atoms with E-state index in [1.807, 2.05) is 25.1 Å². The third-order valence-electron chi connectivity index (χ3n) is 7.11. The van der Waals surface area contributed by atoms with Gasteiger partial charge in [-0.2, -0.15) is 0 Å². The molecule has 2 bridgehead atoms. The van der Waals surface area contributed by atoms with Crippen LogP contribution in [-0.2, 0) is 16.1 Å². The molecule has 1 aromatic carbocycles. The molecule has 9 heteroatoms. The van der Waals surface area contributed by atoms with Crippen LogP contribution in [0.1, 0.15) is 18.7 Å². The first-order chi connectivity index (χ1) is 15.6. The van der Waals surface area contributed by atoms with Gasteiger partial charge in [-0.15, -0.1) is 24.0 Å². The number of carbonyl (C=O) groups is 2. The fourth-order valence-corrected chi connectivity index (χ4v) is 5.61. The van der Waals surface area contributed by atoms with Crippen LogP contribution in [0.3, 0.4) is 0 Å². The molecule has 1 saturated heterocycles. The Bertz CT molecular complexity index is 1080. The van der Waals surface area contributed by atoms with Crippen molar-refractivity contribution in [3.05, 3.63) is 42.2 Å². The number of allylic oxidation sites excluding steroid dienone is 2. The summed E-state index contributed by atoms with van der Waals surface area (Å²) in [5.41, 5.74) is 2.18. The highest BCUT2D eigenvalue weighted by atomic mass is 127. The predicted octanol–water partition coefficient (Wildman–Crippen LogP) is 2.32. The topological polar surface area (TPSA) is 91.6 Å². The molecule has 8 nitrogen and oxygen atoms in total. The summed E-state index contributed by atoms with van der Waals surface area (Å²) >= 11 is 0. The Morgan fingerprint density at radius 1 is 1.06 bits per heavy atom. The minimum atomic E-state index is -0.127. The van der Waals surface area contributed by atoms with Gasteiger partial charge in [-0.25, -0.2) is 4.98 Å². The summed E-state index contributed by atoms with van der Waals surface area (Å²) in [6.07, 6.45) is 6.13. The van der Waals surface area contributed by atoms with E-state index in [-0.39, 0.29) is 59.5 Å². The smallest absolute Gasteiger partial charge is 0.233 e. The molecule has 4 unspecified atom stereocenters. The molecule has 2 amide bonds. The first kappa shape index (κ1) is 23.7. The van der Waals surface area contributed by atoms with Crippen molar-refractivity contribution in [2.75, 3.05) is 26.7 Å². The SMILES string of the molecule is CN=C(NCCCn1c(C)nc2ccccc21)NCCN1C(=O)C2C3C=CC(C3)C2C1=O.I. The lowest BCUT2D eigenvalue weighted by Gasteiger charge is -2.18. The van der Waals surface area contributed by atoms with Gasteiger partial charge in [0.1, 0.15) is 5.82 Å². The van der Waals surface area contributed by atoms with Crippen molar-refractivity contribution >= 4 is 52.8 Å². The van der Waals surface area contributed by atoms with E-state index in [0.717, 1.165) is 42.8 Å². The zero-order valence-electron chi connectivity index (χ0n) is 19.0. The van der Waals surface area contributed by atoms with E-state index >= 15 is 0 Å². The molecular formula is C24H31IN6O2. The summed E-state index contributed by atoms with van der Waals surface area (Å²) in [5.74, 6) is 1.96. The number of para-hydroxylation sites is 2. The minimum absolute atomic E-state index is 0. The molecule has 2 N–H and O–H groups in total. The number of likely N-dealkylation sites (tertiary alicyclic amines) is 1. The summed E-state index contributed by atoms with van der Waals surface area (Å²) in [6, 6.07) is 8.18. The Balaban J connectivity index is 0.00000259. The Morgan fingerprint density at radius 3 is 2.42 bits per heavy atom. The molecule has 0 radical (unpaired) electrons. The van der Waals surface area contributed by atoms with E-state index in [4.69, 9.17) is 0 Å². The number of aromatic nitrogens is 2. The third-order valence-corrected chi connectivity index (χ3v) is 7.11. The molecule has 2 aromatic rings. The number of imide groups is 1. The predicted molar refractivity (Wildman–Crippen MR) is 138 cm³/mol. The van der Waals surface area contributed by atoms with Gasteiger partial charge < -0.3 is 15.2 Å². The average molecular weight is 562 g/mol. The first-order valence-corrected chi connectivity index (χ1v) is 11.5. The first-order valence-electron chi connectivity index (χ1n) is 11.5. The lowest BCUT2D eigenvalue weighted by molar-refractivity contribution is -0.140. The summed E-state index contributed by atoms with van der Waals surface area (Å²) in [6.45, 7) is 4.53. The zero-order chi connectivity index (χ0) is 22.2. The van der Waals surface area contributed by atoms with Crippen LogP contribution in [0.2, 0.25) is 0 Å². The van der Waals surface area contributed by atoms with E-state index in [1.165, 1.54) is 4.90 Å². The molecule has 3 aliphatic rings. The standard InChI is InChI=1S/C24H30N6O2.HI/c1-15-28-18-6-3-4-7-19(18)29(15)12-5-10-26-24(25-2)27-11-13-30-22(31)20-16-8-9-17(14-16)21(20)23(30)32;/h3-4,6-9,16-17,20-21H,5,10-14H2,1-2H3,(H2,25,26,27);1H. The number of hydrogen-bond donors (Lipinski definition) is 2. The molecule has 1 aromatic heterocycles. The number of aryl methyl sites for hydroxylation is 2. The molecule has 2 fully saturated rings. The lowest BCUT2D eigenvalue weighted by Crippen LogP contribution is -2.44. The van der Waals surface area contributed by atoms with Crippen LogP contribution in [-0.4, -0.2) is 58.9 Å². The number of nitrogens with zero attached hydrogens (tertiary/aromatic N) is 4. The van der Waals surface area contributed by atoms with E-state index < -0.39 is 0 Å². The number of imidazole rings is 1. The molecule has 1 aliphatic heterocycles. The molecule has 33 heavy (non-hydrogen) atoms. The summed E-state index contributed by atoms with van der Waals surface area (Å²) in [4.78, 5) is 35.9. The molecule has 2 aliphatic carbocycles. The molecule has 2 heterocycles. The highest BCUT2D eigenvalue weighted by molar-refractivity contribution is 14.0. The minimum Gasteiger partial charge on any atom is -0.356 e. The van der Waals surface area contributed by atoms with Gasteiger partial charge in [0.05, 0.1) is 22.9 Å². The Morgan fingerprint density at radius 2 is 1.73 bits per heavy atom. The van der Waals surface area contributed by atoms with Gasteiger partial charge in [0.2, 0.25) is 11.8 Å². The van der Waals surface area contributed by atoms with Gasteiger partial charge in [-0.1, -0.05) is 24.3 Å². The molecule has 5 rings (SSSR count). The van der Waals surface area contributed by atoms with Crippen molar-refractivity contribution in [1.82, 2.24) is 25.1 Å². The summed E-state index contributed by atoms with van der Waals surface area (Å²) in [5, 5.41) is 6.55. The van der Waals surface area contributed by atoms with Crippen molar-refractivity contribution in [3.63, 3.8) is 0 Å². The summed E-state index contributed by atoms with van der Waals surface area (Å²) < 4.78 is 2.23. The number of benzene rings is 1. The zero-order valence-corrected chi connectivity index (χ0v) is 21.4. The van der Waals surface area contributed by atoms with E-state index in [2.05, 4.69) is 43.4 Å². The molecule has 176 valence electrons. The second kappa shape index (κ2) is 9.82. The van der Waals surface area contributed by atoms with Crippen LogP contribution in [0.5, 0.6) is 0 Å². The maximum absolute atomic E-state index is 12.8. The number of aliphatic imine (C=N–C) groups is 1. The second-order valence-corrected chi connectivity index (χ2v) is 8.91. The van der Waals surface area contributed by atoms with Crippen molar-refractivity contribution in [1.29, 1.82) is 0 Å². The fraction of sp³-hybridized carbons (Fsp3) is 0.500. The van der Waals surface area contributed by atoms with Gasteiger partial charge >= 0.3 is 0 Å². The van der Waals surface area contributed by atoms with Gasteiger partial charge in [0, 0.05) is 33.2 Å². The van der Waals surface area contributed by atoms with Crippen LogP contribution in [0.4, 0.5) is 0 Å². The van der Waals surface area contributed by atoms with Crippen molar-refractivity contribution < 1.29 is 9.59 Å². The molecule has 0 spiro atoms. The maximum atomic E-state index is 12.8. The number of nitrogens with one attached hydrogen (secondary N) is 2. The Labute approximate surface area is 210 Å². The molecular weight excluding hydrogens is 531 g/mol. The number of rotatable bonds is 7. The number of carbonyl (C=O) groups excluding carboxylic acids is 2. The monoisotopic (exact) mass is 562 g/mol. The second-order valence-electron chi connectivity index (χ2n) is 8.91. The van der Waals surface area contributed by atoms with Crippen molar-refractivity contribution in [2.45, 2.75) is 26.3 Å². The van der Waals surface area contributed by atoms with Crippen LogP contribution in [0.25, 0.3) is 11.0 Å². The van der Waals surface area contributed by atoms with Gasteiger partial charge in [0.15, 0.2) is 5.96 Å². The van der Waals surface area contributed by atoms with E-state index in [9.17, 15) is 9.59 Å². The van der Waals surface area contributed by atoms with Crippen LogP contribution >= 0.6 is 24.0 Å². The molecule has 1 saturated carbocycles. The van der Waals surface area contributed by atoms with Crippen molar-refractivity contribution in [3.8, 4) is 0 Å². The van der Waals surface area contributed by atoms with Crippen LogP contribution in [0, 0.1) is 30.6 Å². The largest absolute Gasteiger partial charge is 0.356 e. The maximum Gasteiger partial charge on any atom is 0.233 e. The summed E-state index contributed by atoms with van der Waals surface area (Å²) in [7, 11) is 1.72. The van der Waals surface area contributed by atoms with Gasteiger partial charge in [0.25, 0.3) is 0 Å². The average Bonchev–Trinajstić information content (AvgIpc) is 3.54. The van der Waals surface area contributed by atoms with E-state index in [1.54, 1.807) is 7.05 Å². The van der Waals surface area contributed by atoms with E-state index in [0.29, 0.717) is 19.0 Å².